The number of sulfonamides is 1. The lowest BCUT2D eigenvalue weighted by atomic mass is 10.3. The summed E-state index contributed by atoms with van der Waals surface area (Å²) in [5, 5.41) is 0. The van der Waals surface area contributed by atoms with Crippen LogP contribution in [0.4, 0.5) is 5.69 Å². The number of anilines is 1. The fourth-order valence-electron chi connectivity index (χ4n) is 1.05. The van der Waals surface area contributed by atoms with E-state index in [1.807, 2.05) is 6.26 Å². The molecule has 0 atom stereocenters. The Morgan fingerprint density at radius 2 is 2.19 bits per heavy atom. The fraction of sp³-hybridized carbons (Fsp3) is 0.333. The zero-order valence-corrected chi connectivity index (χ0v) is 12.0. The van der Waals surface area contributed by atoms with E-state index in [0.29, 0.717) is 16.7 Å². The lowest BCUT2D eigenvalue weighted by Gasteiger charge is -2.07. The monoisotopic (exact) mass is 324 g/mol. The summed E-state index contributed by atoms with van der Waals surface area (Å²) >= 11 is 4.80. The lowest BCUT2D eigenvalue weighted by molar-refractivity contribution is 0.584. The standard InChI is InChI=1S/C9H13BrN2O2S2/c1-15-5-4-12-16(13,14)7-2-3-8(10)9(11)6-7/h2-3,6,12H,4-5,11H2,1H3. The van der Waals surface area contributed by atoms with Crippen LogP contribution >= 0.6 is 27.7 Å². The Morgan fingerprint density at radius 3 is 2.75 bits per heavy atom. The van der Waals surface area contributed by atoms with Crippen LogP contribution in [0.15, 0.2) is 27.6 Å². The minimum atomic E-state index is -3.44. The van der Waals surface area contributed by atoms with E-state index in [0.717, 1.165) is 5.75 Å². The normalized spacial score (nSPS) is 11.6. The highest BCUT2D eigenvalue weighted by molar-refractivity contribution is 9.10. The Labute approximate surface area is 108 Å². The molecule has 0 aromatic heterocycles. The molecule has 0 bridgehead atoms. The van der Waals surface area contributed by atoms with E-state index in [9.17, 15) is 8.42 Å². The zero-order valence-electron chi connectivity index (χ0n) is 8.73. The zero-order chi connectivity index (χ0) is 12.2. The molecule has 4 nitrogen and oxygen atoms in total. The van der Waals surface area contributed by atoms with Crippen molar-refractivity contribution in [2.24, 2.45) is 0 Å². The average Bonchev–Trinajstić information content (AvgIpc) is 2.22. The van der Waals surface area contributed by atoms with Gasteiger partial charge in [0.2, 0.25) is 10.0 Å². The highest BCUT2D eigenvalue weighted by Crippen LogP contribution is 2.22. The molecule has 90 valence electrons. The second kappa shape index (κ2) is 5.90. The van der Waals surface area contributed by atoms with Crippen molar-refractivity contribution < 1.29 is 8.42 Å². The summed E-state index contributed by atoms with van der Waals surface area (Å²) in [6.45, 7) is 0.416. The molecular formula is C9H13BrN2O2S2. The van der Waals surface area contributed by atoms with E-state index in [-0.39, 0.29) is 4.90 Å². The third-order valence-electron chi connectivity index (χ3n) is 1.88. The molecular weight excluding hydrogens is 312 g/mol. The third kappa shape index (κ3) is 3.65. The number of benzene rings is 1. The van der Waals surface area contributed by atoms with Crippen LogP contribution in [0, 0.1) is 0 Å². The van der Waals surface area contributed by atoms with Crippen LogP contribution in [-0.2, 0) is 10.0 Å². The van der Waals surface area contributed by atoms with Crippen molar-refractivity contribution in [3.8, 4) is 0 Å². The molecule has 0 spiro atoms. The minimum absolute atomic E-state index is 0.189. The van der Waals surface area contributed by atoms with Crippen LogP contribution in [0.2, 0.25) is 0 Å². The summed E-state index contributed by atoms with van der Waals surface area (Å²) in [7, 11) is -3.44. The first-order valence-corrected chi connectivity index (χ1v) is 8.18. The van der Waals surface area contributed by atoms with Crippen LogP contribution < -0.4 is 10.5 Å². The number of rotatable bonds is 5. The number of thioether (sulfide) groups is 1. The van der Waals surface area contributed by atoms with Crippen molar-refractivity contribution in [2.45, 2.75) is 4.90 Å². The number of nitrogens with two attached hydrogens (primary N) is 1. The smallest absolute Gasteiger partial charge is 0.240 e. The molecule has 0 saturated heterocycles. The average molecular weight is 325 g/mol. The highest BCUT2D eigenvalue weighted by Gasteiger charge is 2.13. The van der Waals surface area contributed by atoms with E-state index < -0.39 is 10.0 Å². The second-order valence-electron chi connectivity index (χ2n) is 3.07. The molecule has 0 aliphatic heterocycles. The van der Waals surface area contributed by atoms with E-state index in [1.54, 1.807) is 17.8 Å². The first kappa shape index (κ1) is 13.8. The van der Waals surface area contributed by atoms with Gasteiger partial charge in [-0.3, -0.25) is 0 Å². The molecule has 0 heterocycles. The van der Waals surface area contributed by atoms with Gasteiger partial charge in [0.15, 0.2) is 0 Å². The van der Waals surface area contributed by atoms with Gasteiger partial charge in [0, 0.05) is 22.5 Å². The van der Waals surface area contributed by atoms with Gasteiger partial charge in [0.05, 0.1) is 4.90 Å². The van der Waals surface area contributed by atoms with Gasteiger partial charge in [-0.25, -0.2) is 13.1 Å². The van der Waals surface area contributed by atoms with E-state index >= 15 is 0 Å². The van der Waals surface area contributed by atoms with Gasteiger partial charge in [-0.1, -0.05) is 0 Å². The van der Waals surface area contributed by atoms with Crippen LogP contribution in [0.5, 0.6) is 0 Å². The van der Waals surface area contributed by atoms with Crippen LogP contribution in [-0.4, -0.2) is 27.0 Å². The van der Waals surface area contributed by atoms with Gasteiger partial charge in [0.25, 0.3) is 0 Å². The van der Waals surface area contributed by atoms with E-state index in [4.69, 9.17) is 5.73 Å². The summed E-state index contributed by atoms with van der Waals surface area (Å²) < 4.78 is 26.8. The molecule has 0 unspecified atom stereocenters. The van der Waals surface area contributed by atoms with Gasteiger partial charge >= 0.3 is 0 Å². The summed E-state index contributed by atoms with van der Waals surface area (Å²) in [5.74, 6) is 0.741. The Hall–Kier alpha value is -0.240. The Balaban J connectivity index is 2.86. The molecule has 0 radical (unpaired) electrons. The first-order valence-electron chi connectivity index (χ1n) is 4.51. The van der Waals surface area contributed by atoms with Gasteiger partial charge in [-0.2, -0.15) is 11.8 Å². The number of halogens is 1. The maximum Gasteiger partial charge on any atom is 0.240 e. The maximum atomic E-state index is 11.8. The second-order valence-corrected chi connectivity index (χ2v) is 6.68. The van der Waals surface area contributed by atoms with Gasteiger partial charge in [-0.15, -0.1) is 0 Å². The molecule has 16 heavy (non-hydrogen) atoms. The molecule has 0 aliphatic rings. The summed E-state index contributed by atoms with van der Waals surface area (Å²) in [6, 6.07) is 4.58. The van der Waals surface area contributed by atoms with Gasteiger partial charge in [-0.05, 0) is 40.4 Å². The van der Waals surface area contributed by atoms with Crippen molar-refractivity contribution in [1.82, 2.24) is 4.72 Å². The molecule has 0 amide bonds. The number of nitrogens with one attached hydrogen (secondary N) is 1. The molecule has 1 aromatic carbocycles. The Morgan fingerprint density at radius 1 is 1.50 bits per heavy atom. The summed E-state index contributed by atoms with van der Waals surface area (Å²) in [6.07, 6.45) is 1.92. The van der Waals surface area contributed by atoms with Gasteiger partial charge < -0.3 is 5.73 Å². The van der Waals surface area contributed by atoms with Crippen molar-refractivity contribution in [2.75, 3.05) is 24.3 Å². The quantitative estimate of drug-likeness (QED) is 0.638. The maximum absolute atomic E-state index is 11.8. The summed E-state index contributed by atoms with van der Waals surface area (Å²) in [4.78, 5) is 0.189. The van der Waals surface area contributed by atoms with E-state index in [1.165, 1.54) is 12.1 Å². The van der Waals surface area contributed by atoms with Crippen LogP contribution in [0.25, 0.3) is 0 Å². The Bertz CT molecular complexity index is 463. The van der Waals surface area contributed by atoms with Gasteiger partial charge in [0.1, 0.15) is 0 Å². The largest absolute Gasteiger partial charge is 0.398 e. The van der Waals surface area contributed by atoms with Crippen LogP contribution in [0.1, 0.15) is 0 Å². The van der Waals surface area contributed by atoms with E-state index in [2.05, 4.69) is 20.7 Å². The van der Waals surface area contributed by atoms with Crippen LogP contribution in [0.3, 0.4) is 0 Å². The molecule has 0 fully saturated rings. The molecule has 0 aliphatic carbocycles. The summed E-state index contributed by atoms with van der Waals surface area (Å²) in [5.41, 5.74) is 6.04. The van der Waals surface area contributed by atoms with Crippen molar-refractivity contribution in [3.05, 3.63) is 22.7 Å². The van der Waals surface area contributed by atoms with Crippen molar-refractivity contribution >= 4 is 43.4 Å². The van der Waals surface area contributed by atoms with Crippen molar-refractivity contribution in [3.63, 3.8) is 0 Å². The number of nitrogen functional groups attached to an aromatic ring is 1. The number of hydrogen-bond acceptors (Lipinski definition) is 4. The first-order chi connectivity index (χ1) is 7.47. The molecule has 7 heteroatoms. The molecule has 3 N–H and O–H groups in total. The Kier molecular flexibility index (Phi) is 5.10. The fourth-order valence-corrected chi connectivity index (χ4v) is 2.80. The SMILES string of the molecule is CSCCNS(=O)(=O)c1ccc(Br)c(N)c1. The number of hydrogen-bond donors (Lipinski definition) is 2. The van der Waals surface area contributed by atoms with Crippen molar-refractivity contribution in [1.29, 1.82) is 0 Å². The predicted molar refractivity (Wildman–Crippen MR) is 72.1 cm³/mol. The molecule has 1 rings (SSSR count). The minimum Gasteiger partial charge on any atom is -0.398 e. The molecule has 0 saturated carbocycles. The third-order valence-corrected chi connectivity index (χ3v) is 4.67. The molecule has 1 aromatic rings. The highest BCUT2D eigenvalue weighted by atomic mass is 79.9. The predicted octanol–water partition coefficient (Wildman–Crippen LogP) is 1.67. The topological polar surface area (TPSA) is 72.2 Å². The lowest BCUT2D eigenvalue weighted by Crippen LogP contribution is -2.26.